The summed E-state index contributed by atoms with van der Waals surface area (Å²) >= 11 is 0. The minimum absolute atomic E-state index is 0.335. The fourth-order valence-corrected chi connectivity index (χ4v) is 1.65. The number of hydrogen-bond acceptors (Lipinski definition) is 3. The summed E-state index contributed by atoms with van der Waals surface area (Å²) in [5.74, 6) is 0. The Bertz CT molecular complexity index is 436. The van der Waals surface area contributed by atoms with Crippen LogP contribution in [0.15, 0.2) is 36.8 Å². The Hall–Kier alpha value is -1.84. The van der Waals surface area contributed by atoms with Gasteiger partial charge >= 0.3 is 0 Å². The molecule has 0 fully saturated rings. The Morgan fingerprint density at radius 2 is 2.31 bits per heavy atom. The quantitative estimate of drug-likeness (QED) is 0.851. The first-order valence-electron chi connectivity index (χ1n) is 5.40. The number of pyridine rings is 1. The molecule has 4 heteroatoms. The van der Waals surface area contributed by atoms with E-state index in [0.29, 0.717) is 6.04 Å². The lowest BCUT2D eigenvalue weighted by molar-refractivity contribution is 0.561. The third kappa shape index (κ3) is 2.82. The van der Waals surface area contributed by atoms with Crippen molar-refractivity contribution in [2.75, 3.05) is 5.32 Å². The Labute approximate surface area is 95.3 Å². The van der Waals surface area contributed by atoms with Crippen molar-refractivity contribution in [1.29, 1.82) is 0 Å². The van der Waals surface area contributed by atoms with E-state index in [2.05, 4.69) is 22.3 Å². The van der Waals surface area contributed by atoms with E-state index in [4.69, 9.17) is 0 Å². The zero-order valence-corrected chi connectivity index (χ0v) is 9.59. The summed E-state index contributed by atoms with van der Waals surface area (Å²) in [6.45, 7) is 4.98. The number of hydrogen-bond donors (Lipinski definition) is 1. The minimum atomic E-state index is 0.335. The normalized spacial score (nSPS) is 12.4. The second kappa shape index (κ2) is 4.79. The number of nitrogens with one attached hydrogen (secondary N) is 1. The summed E-state index contributed by atoms with van der Waals surface area (Å²) in [7, 11) is 0. The number of nitrogens with zero attached hydrogens (tertiary/aromatic N) is 3. The van der Waals surface area contributed by atoms with E-state index >= 15 is 0 Å². The van der Waals surface area contributed by atoms with Gasteiger partial charge in [0.05, 0.1) is 6.54 Å². The van der Waals surface area contributed by atoms with Crippen LogP contribution in [0.5, 0.6) is 0 Å². The van der Waals surface area contributed by atoms with Gasteiger partial charge in [-0.05, 0) is 32.0 Å². The first kappa shape index (κ1) is 10.7. The largest absolute Gasteiger partial charge is 0.381 e. The van der Waals surface area contributed by atoms with E-state index in [0.717, 1.165) is 17.9 Å². The molecule has 0 spiro atoms. The predicted octanol–water partition coefficient (Wildman–Crippen LogP) is 2.09. The maximum Gasteiger partial charge on any atom is 0.0608 e. The lowest BCUT2D eigenvalue weighted by Crippen LogP contribution is -2.22. The highest BCUT2D eigenvalue weighted by Crippen LogP contribution is 2.09. The molecular formula is C12H16N4. The molecule has 4 nitrogen and oxygen atoms in total. The molecule has 2 heterocycles. The van der Waals surface area contributed by atoms with E-state index in [9.17, 15) is 0 Å². The number of aromatic nitrogens is 3. The van der Waals surface area contributed by atoms with Gasteiger partial charge in [-0.15, -0.1) is 0 Å². The van der Waals surface area contributed by atoms with Gasteiger partial charge in [-0.1, -0.05) is 0 Å². The van der Waals surface area contributed by atoms with Crippen LogP contribution in [-0.2, 0) is 6.54 Å². The molecule has 1 N–H and O–H groups in total. The molecule has 1 atom stereocenters. The van der Waals surface area contributed by atoms with Gasteiger partial charge in [0, 0.05) is 36.0 Å². The average molecular weight is 216 g/mol. The van der Waals surface area contributed by atoms with Gasteiger partial charge < -0.3 is 5.32 Å². The Balaban J connectivity index is 1.94. The van der Waals surface area contributed by atoms with Crippen LogP contribution in [-0.4, -0.2) is 20.8 Å². The van der Waals surface area contributed by atoms with E-state index in [1.54, 1.807) is 6.20 Å². The lowest BCUT2D eigenvalue weighted by atomic mass is 10.3. The molecule has 2 rings (SSSR count). The van der Waals surface area contributed by atoms with E-state index in [1.807, 2.05) is 42.2 Å². The van der Waals surface area contributed by atoms with Crippen LogP contribution in [0.1, 0.15) is 12.6 Å². The van der Waals surface area contributed by atoms with Crippen LogP contribution in [0.4, 0.5) is 5.69 Å². The number of aryl methyl sites for hydroxylation is 1. The second-order valence-corrected chi connectivity index (χ2v) is 3.96. The molecule has 2 aromatic rings. The molecule has 0 aliphatic rings. The molecule has 0 saturated heterocycles. The van der Waals surface area contributed by atoms with Gasteiger partial charge in [-0.25, -0.2) is 0 Å². The molecule has 0 aromatic carbocycles. The summed E-state index contributed by atoms with van der Waals surface area (Å²) in [6.07, 6.45) is 5.58. The van der Waals surface area contributed by atoms with Gasteiger partial charge in [-0.2, -0.15) is 5.10 Å². The van der Waals surface area contributed by atoms with Crippen molar-refractivity contribution >= 4 is 5.69 Å². The fourth-order valence-electron chi connectivity index (χ4n) is 1.65. The van der Waals surface area contributed by atoms with E-state index in [1.165, 1.54) is 0 Å². The Kier molecular flexibility index (Phi) is 3.19. The van der Waals surface area contributed by atoms with Crippen LogP contribution >= 0.6 is 0 Å². The summed E-state index contributed by atoms with van der Waals surface area (Å²) in [5, 5.41) is 7.60. The lowest BCUT2D eigenvalue weighted by Gasteiger charge is -2.15. The average Bonchev–Trinajstić information content (AvgIpc) is 2.70. The van der Waals surface area contributed by atoms with Gasteiger partial charge in [0.1, 0.15) is 0 Å². The summed E-state index contributed by atoms with van der Waals surface area (Å²) in [4.78, 5) is 4.17. The van der Waals surface area contributed by atoms with Gasteiger partial charge in [0.2, 0.25) is 0 Å². The highest BCUT2D eigenvalue weighted by Gasteiger charge is 2.03. The highest BCUT2D eigenvalue weighted by atomic mass is 15.3. The Morgan fingerprint density at radius 1 is 1.44 bits per heavy atom. The van der Waals surface area contributed by atoms with Crippen molar-refractivity contribution in [3.05, 3.63) is 42.5 Å². The summed E-state index contributed by atoms with van der Waals surface area (Å²) in [6, 6.07) is 6.29. The zero-order chi connectivity index (χ0) is 11.4. The molecule has 0 radical (unpaired) electrons. The van der Waals surface area contributed by atoms with Crippen LogP contribution in [0.2, 0.25) is 0 Å². The van der Waals surface area contributed by atoms with Crippen molar-refractivity contribution in [2.24, 2.45) is 0 Å². The second-order valence-electron chi connectivity index (χ2n) is 3.96. The van der Waals surface area contributed by atoms with Crippen LogP contribution in [0, 0.1) is 6.92 Å². The summed E-state index contributed by atoms with van der Waals surface area (Å²) < 4.78 is 1.92. The van der Waals surface area contributed by atoms with Crippen molar-refractivity contribution in [3.63, 3.8) is 0 Å². The van der Waals surface area contributed by atoms with Crippen molar-refractivity contribution in [1.82, 2.24) is 14.8 Å². The number of anilines is 1. The van der Waals surface area contributed by atoms with E-state index < -0.39 is 0 Å². The minimum Gasteiger partial charge on any atom is -0.381 e. The highest BCUT2D eigenvalue weighted by molar-refractivity contribution is 5.43. The molecule has 84 valence electrons. The van der Waals surface area contributed by atoms with Gasteiger partial charge in [-0.3, -0.25) is 9.67 Å². The molecule has 16 heavy (non-hydrogen) atoms. The summed E-state index contributed by atoms with van der Waals surface area (Å²) in [5.41, 5.74) is 2.13. The third-order valence-corrected chi connectivity index (χ3v) is 2.33. The Morgan fingerprint density at radius 3 is 3.00 bits per heavy atom. The van der Waals surface area contributed by atoms with Gasteiger partial charge in [0.15, 0.2) is 0 Å². The first-order chi connectivity index (χ1) is 7.74. The van der Waals surface area contributed by atoms with Crippen LogP contribution in [0.3, 0.4) is 0 Å². The monoisotopic (exact) mass is 216 g/mol. The van der Waals surface area contributed by atoms with Gasteiger partial charge in [0.25, 0.3) is 0 Å². The number of rotatable bonds is 4. The van der Waals surface area contributed by atoms with Crippen molar-refractivity contribution in [3.8, 4) is 0 Å². The molecule has 0 amide bonds. The van der Waals surface area contributed by atoms with Crippen molar-refractivity contribution in [2.45, 2.75) is 26.4 Å². The molecule has 0 saturated carbocycles. The molecule has 1 unspecified atom stereocenters. The molecule has 0 aliphatic carbocycles. The SMILES string of the molecule is Cc1cc(NC(C)Cn2cccn2)ccn1. The van der Waals surface area contributed by atoms with Crippen LogP contribution in [0.25, 0.3) is 0 Å². The third-order valence-electron chi connectivity index (χ3n) is 2.33. The van der Waals surface area contributed by atoms with Crippen LogP contribution < -0.4 is 5.32 Å². The predicted molar refractivity (Wildman–Crippen MR) is 64.3 cm³/mol. The zero-order valence-electron chi connectivity index (χ0n) is 9.59. The van der Waals surface area contributed by atoms with Crippen molar-refractivity contribution < 1.29 is 0 Å². The first-order valence-corrected chi connectivity index (χ1v) is 5.40. The fraction of sp³-hybridized carbons (Fsp3) is 0.333. The standard InChI is InChI=1S/C12H16N4/c1-10-8-12(4-6-13-10)15-11(2)9-16-7-3-5-14-16/h3-8,11H,9H2,1-2H3,(H,13,15). The molecule has 0 aliphatic heterocycles. The topological polar surface area (TPSA) is 42.7 Å². The smallest absolute Gasteiger partial charge is 0.0608 e. The molecule has 0 bridgehead atoms. The van der Waals surface area contributed by atoms with E-state index in [-0.39, 0.29) is 0 Å². The maximum absolute atomic E-state index is 4.18. The molecular weight excluding hydrogens is 200 g/mol. The maximum atomic E-state index is 4.18. The molecule has 2 aromatic heterocycles.